The predicted molar refractivity (Wildman–Crippen MR) is 129 cm³/mol. The summed E-state index contributed by atoms with van der Waals surface area (Å²) >= 11 is 2.25. The molecule has 2 aromatic carbocycles. The van der Waals surface area contributed by atoms with Crippen LogP contribution < -0.4 is 20.3 Å². The molecule has 0 amide bonds. The van der Waals surface area contributed by atoms with Crippen LogP contribution in [0.5, 0.6) is 5.75 Å². The lowest BCUT2D eigenvalue weighted by Gasteiger charge is -2.28. The summed E-state index contributed by atoms with van der Waals surface area (Å²) in [5, 5.41) is 6.65. The number of hydrogen-bond donors (Lipinski definition) is 2. The number of nitrogens with one attached hydrogen (secondary N) is 2. The molecule has 0 spiro atoms. The van der Waals surface area contributed by atoms with E-state index in [1.165, 1.54) is 5.69 Å². The Kier molecular flexibility index (Phi) is 6.53. The highest BCUT2D eigenvalue weighted by Crippen LogP contribution is 2.28. The quantitative estimate of drug-likeness (QED) is 0.459. The zero-order chi connectivity index (χ0) is 20.9. The van der Waals surface area contributed by atoms with Gasteiger partial charge in [0.2, 0.25) is 5.95 Å². The third-order valence-corrected chi connectivity index (χ3v) is 5.78. The standard InChI is InChI=1S/C22H24IN5O2/c1-15-14-24-22(27-21(15)25-17-5-8-19(23)20(13-17)29-2)26-16-3-6-18(7-4-16)28-9-11-30-12-10-28/h3-8,13-14H,9-12H2,1-2H3,(H2,24,25,26,27). The van der Waals surface area contributed by atoms with Crippen molar-refractivity contribution in [3.8, 4) is 5.75 Å². The van der Waals surface area contributed by atoms with Crippen LogP contribution in [0, 0.1) is 10.5 Å². The van der Waals surface area contributed by atoms with Crippen molar-refractivity contribution < 1.29 is 9.47 Å². The number of hydrogen-bond acceptors (Lipinski definition) is 7. The second-order valence-electron chi connectivity index (χ2n) is 6.97. The fraction of sp³-hybridized carbons (Fsp3) is 0.273. The lowest BCUT2D eigenvalue weighted by molar-refractivity contribution is 0.122. The maximum Gasteiger partial charge on any atom is 0.229 e. The molecule has 1 fully saturated rings. The molecule has 0 atom stereocenters. The number of aryl methyl sites for hydroxylation is 1. The van der Waals surface area contributed by atoms with Crippen LogP contribution in [0.1, 0.15) is 5.56 Å². The van der Waals surface area contributed by atoms with E-state index in [4.69, 9.17) is 9.47 Å². The molecule has 7 nitrogen and oxygen atoms in total. The number of anilines is 5. The molecule has 0 radical (unpaired) electrons. The zero-order valence-electron chi connectivity index (χ0n) is 17.0. The summed E-state index contributed by atoms with van der Waals surface area (Å²) in [7, 11) is 1.67. The largest absolute Gasteiger partial charge is 0.496 e. The van der Waals surface area contributed by atoms with Crippen molar-refractivity contribution in [2.24, 2.45) is 0 Å². The van der Waals surface area contributed by atoms with Crippen molar-refractivity contribution in [1.82, 2.24) is 9.97 Å². The van der Waals surface area contributed by atoms with Gasteiger partial charge in [-0.3, -0.25) is 0 Å². The van der Waals surface area contributed by atoms with Gasteiger partial charge in [0.25, 0.3) is 0 Å². The Bertz CT molecular complexity index is 1010. The van der Waals surface area contributed by atoms with E-state index in [1.54, 1.807) is 7.11 Å². The number of aromatic nitrogens is 2. The van der Waals surface area contributed by atoms with Crippen LogP contribution in [-0.2, 0) is 4.74 Å². The number of benzene rings is 2. The van der Waals surface area contributed by atoms with Gasteiger partial charge >= 0.3 is 0 Å². The normalized spacial score (nSPS) is 13.8. The summed E-state index contributed by atoms with van der Waals surface area (Å²) in [5.41, 5.74) is 4.01. The van der Waals surface area contributed by atoms with Gasteiger partial charge in [0.05, 0.1) is 23.9 Å². The maximum atomic E-state index is 5.42. The number of ether oxygens (including phenoxy) is 2. The van der Waals surface area contributed by atoms with E-state index in [0.717, 1.165) is 58.4 Å². The minimum atomic E-state index is 0.541. The second-order valence-corrected chi connectivity index (χ2v) is 8.13. The van der Waals surface area contributed by atoms with E-state index >= 15 is 0 Å². The van der Waals surface area contributed by atoms with Gasteiger partial charge in [0.1, 0.15) is 11.6 Å². The zero-order valence-corrected chi connectivity index (χ0v) is 19.1. The molecule has 0 aliphatic carbocycles. The van der Waals surface area contributed by atoms with Gasteiger partial charge in [-0.15, -0.1) is 0 Å². The summed E-state index contributed by atoms with van der Waals surface area (Å²) < 4.78 is 11.9. The highest BCUT2D eigenvalue weighted by molar-refractivity contribution is 14.1. The Hall–Kier alpha value is -2.59. The Morgan fingerprint density at radius 2 is 1.77 bits per heavy atom. The van der Waals surface area contributed by atoms with Crippen molar-refractivity contribution in [1.29, 1.82) is 0 Å². The topological polar surface area (TPSA) is 71.5 Å². The first kappa shape index (κ1) is 20.7. The molecular weight excluding hydrogens is 493 g/mol. The number of halogens is 1. The van der Waals surface area contributed by atoms with Gasteiger partial charge in [0.15, 0.2) is 0 Å². The van der Waals surface area contributed by atoms with Crippen LogP contribution in [0.2, 0.25) is 0 Å². The molecule has 2 N–H and O–H groups in total. The van der Waals surface area contributed by atoms with Crippen molar-refractivity contribution in [2.75, 3.05) is 48.9 Å². The molecule has 1 saturated heterocycles. The fourth-order valence-corrected chi connectivity index (χ4v) is 3.77. The fourth-order valence-electron chi connectivity index (χ4n) is 3.21. The van der Waals surface area contributed by atoms with E-state index in [1.807, 2.05) is 43.5 Å². The molecule has 3 aromatic rings. The van der Waals surface area contributed by atoms with Crippen molar-refractivity contribution in [3.05, 3.63) is 57.8 Å². The third kappa shape index (κ3) is 4.93. The van der Waals surface area contributed by atoms with E-state index in [0.29, 0.717) is 5.95 Å². The Morgan fingerprint density at radius 1 is 1.03 bits per heavy atom. The van der Waals surface area contributed by atoms with Gasteiger partial charge in [-0.25, -0.2) is 4.98 Å². The molecule has 0 bridgehead atoms. The van der Waals surface area contributed by atoms with Crippen LogP contribution in [0.25, 0.3) is 0 Å². The first-order valence-electron chi connectivity index (χ1n) is 9.76. The van der Waals surface area contributed by atoms with Crippen LogP contribution in [0.4, 0.5) is 28.8 Å². The molecule has 4 rings (SSSR count). The number of methoxy groups -OCH3 is 1. The van der Waals surface area contributed by atoms with Crippen LogP contribution in [0.3, 0.4) is 0 Å². The maximum absolute atomic E-state index is 5.42. The van der Waals surface area contributed by atoms with Crippen molar-refractivity contribution >= 4 is 51.4 Å². The van der Waals surface area contributed by atoms with E-state index < -0.39 is 0 Å². The van der Waals surface area contributed by atoms with Gasteiger partial charge in [0, 0.05) is 48.0 Å². The summed E-state index contributed by atoms with van der Waals surface area (Å²) in [6.07, 6.45) is 1.81. The molecule has 156 valence electrons. The second kappa shape index (κ2) is 9.48. The van der Waals surface area contributed by atoms with Gasteiger partial charge < -0.3 is 25.0 Å². The Balaban J connectivity index is 1.47. The molecule has 1 aliphatic rings. The predicted octanol–water partition coefficient (Wildman–Crippen LogP) is 4.72. The van der Waals surface area contributed by atoms with E-state index in [9.17, 15) is 0 Å². The lowest BCUT2D eigenvalue weighted by Crippen LogP contribution is -2.36. The highest BCUT2D eigenvalue weighted by Gasteiger charge is 2.11. The minimum Gasteiger partial charge on any atom is -0.496 e. The Morgan fingerprint density at radius 3 is 2.50 bits per heavy atom. The monoisotopic (exact) mass is 517 g/mol. The molecule has 2 heterocycles. The minimum absolute atomic E-state index is 0.541. The molecular formula is C22H24IN5O2. The molecule has 1 aliphatic heterocycles. The summed E-state index contributed by atoms with van der Waals surface area (Å²) in [5.74, 6) is 2.12. The first-order valence-corrected chi connectivity index (χ1v) is 10.8. The summed E-state index contributed by atoms with van der Waals surface area (Å²) in [6, 6.07) is 14.3. The molecule has 0 saturated carbocycles. The van der Waals surface area contributed by atoms with E-state index in [2.05, 4.69) is 60.2 Å². The number of morpholine rings is 1. The van der Waals surface area contributed by atoms with Crippen molar-refractivity contribution in [3.63, 3.8) is 0 Å². The number of rotatable bonds is 6. The number of nitrogens with zero attached hydrogens (tertiary/aromatic N) is 3. The third-order valence-electron chi connectivity index (χ3n) is 4.89. The van der Waals surface area contributed by atoms with Crippen LogP contribution in [0.15, 0.2) is 48.7 Å². The van der Waals surface area contributed by atoms with Crippen molar-refractivity contribution in [2.45, 2.75) is 6.92 Å². The highest BCUT2D eigenvalue weighted by atomic mass is 127. The van der Waals surface area contributed by atoms with Gasteiger partial charge in [-0.05, 0) is 65.9 Å². The lowest BCUT2D eigenvalue weighted by atomic mass is 10.2. The van der Waals surface area contributed by atoms with Gasteiger partial charge in [-0.1, -0.05) is 0 Å². The average molecular weight is 517 g/mol. The smallest absolute Gasteiger partial charge is 0.229 e. The van der Waals surface area contributed by atoms with E-state index in [-0.39, 0.29) is 0 Å². The first-order chi connectivity index (χ1) is 14.6. The Labute approximate surface area is 190 Å². The molecule has 1 aromatic heterocycles. The molecule has 30 heavy (non-hydrogen) atoms. The van der Waals surface area contributed by atoms with Gasteiger partial charge in [-0.2, -0.15) is 4.98 Å². The molecule has 0 unspecified atom stereocenters. The summed E-state index contributed by atoms with van der Waals surface area (Å²) in [6.45, 7) is 5.38. The van der Waals surface area contributed by atoms with Crippen LogP contribution in [-0.4, -0.2) is 43.4 Å². The molecule has 8 heteroatoms. The SMILES string of the molecule is COc1cc(Nc2nc(Nc3ccc(N4CCOCC4)cc3)ncc2C)ccc1I. The van der Waals surface area contributed by atoms with Crippen LogP contribution >= 0.6 is 22.6 Å². The average Bonchev–Trinajstić information content (AvgIpc) is 2.78. The summed E-state index contributed by atoms with van der Waals surface area (Å²) in [4.78, 5) is 11.4.